The number of rotatable bonds is 8. The molecule has 0 N–H and O–H groups in total. The van der Waals surface area contributed by atoms with Crippen LogP contribution in [0.4, 0.5) is 0 Å². The number of imidazole rings is 1. The van der Waals surface area contributed by atoms with Gasteiger partial charge in [0, 0.05) is 41.3 Å². The van der Waals surface area contributed by atoms with Crippen molar-refractivity contribution in [3.8, 4) is 50.6 Å². The summed E-state index contributed by atoms with van der Waals surface area (Å²) in [5, 5.41) is 4.83. The summed E-state index contributed by atoms with van der Waals surface area (Å²) in [6.07, 6.45) is 3.27. The Hall–Kier alpha value is -5.95. The first-order valence-electron chi connectivity index (χ1n) is 23.8. The third-order valence-corrected chi connectivity index (χ3v) is 18.4. The predicted octanol–water partition coefficient (Wildman–Crippen LogP) is 16.9. The molecule has 0 atom stereocenters. The molecule has 0 amide bonds. The molecule has 0 bridgehead atoms. The number of benzene rings is 8. The first kappa shape index (κ1) is 48.1. The topological polar surface area (TPSA) is 30.7 Å². The van der Waals surface area contributed by atoms with Crippen LogP contribution < -0.4 is 4.40 Å². The molecule has 3 nitrogen and oxygen atoms in total. The third kappa shape index (κ3) is 9.68. The minimum absolute atomic E-state index is 0. The number of hydrogen-bond acceptors (Lipinski definition) is 3. The first-order chi connectivity index (χ1) is 32.8. The van der Waals surface area contributed by atoms with Crippen molar-refractivity contribution in [2.24, 2.45) is 5.92 Å². The van der Waals surface area contributed by atoms with Crippen molar-refractivity contribution in [1.29, 1.82) is 0 Å². The van der Waals surface area contributed by atoms with Gasteiger partial charge in [0.05, 0.1) is 22.5 Å². The molecule has 1 radical (unpaired) electrons. The molecule has 0 spiro atoms. The van der Waals surface area contributed by atoms with E-state index in [0.717, 1.165) is 51.2 Å². The second kappa shape index (κ2) is 19.8. The van der Waals surface area contributed by atoms with Gasteiger partial charge < -0.3 is 4.57 Å². The molecule has 11 rings (SSSR count). The van der Waals surface area contributed by atoms with Gasteiger partial charge in [-0.15, -0.1) is 18.2 Å². The van der Waals surface area contributed by atoms with Crippen LogP contribution in [0.5, 0.6) is 0 Å². The van der Waals surface area contributed by atoms with Crippen molar-refractivity contribution >= 4 is 71.0 Å². The van der Waals surface area contributed by atoms with Crippen molar-refractivity contribution in [1.82, 2.24) is 14.5 Å². The third-order valence-electron chi connectivity index (χ3n) is 12.9. The Bertz CT molecular complexity index is 3520. The molecular formula is C63H57GeIrN3S-2. The van der Waals surface area contributed by atoms with Crippen LogP contribution in [-0.2, 0) is 31.9 Å². The summed E-state index contributed by atoms with van der Waals surface area (Å²) >= 11 is -0.0351. The minimum atomic E-state index is -1.86. The van der Waals surface area contributed by atoms with Gasteiger partial charge in [-0.2, -0.15) is 11.3 Å². The fourth-order valence-corrected chi connectivity index (χ4v) is 14.1. The molecule has 0 aliphatic heterocycles. The van der Waals surface area contributed by atoms with Crippen LogP contribution in [-0.4, -0.2) is 27.8 Å². The standard InChI is InChI=1S/C45H33N2S.C18H24GeN.Ir/c1-45(2,3)32-27-37(29-15-6-4-7-16-29)42(38(28-32)30-17-8-5-9-18-30)47-39-26-25-31-19-10-11-20-33(31)41(39)46-44(47)36-23-14-22-35-34-21-12-13-24-40(34)48-43(35)36;1-14(2)11-16-12-18(15-9-7-6-8-10-15)20-13-17(16)19(3,4)5;/h4-22,24-28H,1-3H3;6-9,12-14H,11H2,1-5H3;/q2*-1;. The van der Waals surface area contributed by atoms with Crippen molar-refractivity contribution in [3.63, 3.8) is 0 Å². The van der Waals surface area contributed by atoms with E-state index in [9.17, 15) is 0 Å². The molecule has 69 heavy (non-hydrogen) atoms. The van der Waals surface area contributed by atoms with Crippen LogP contribution in [0.1, 0.15) is 45.7 Å². The van der Waals surface area contributed by atoms with Crippen LogP contribution in [0.2, 0.25) is 17.3 Å². The molecule has 8 aromatic carbocycles. The Balaban J connectivity index is 0.000000238. The van der Waals surface area contributed by atoms with Crippen molar-refractivity contribution in [3.05, 3.63) is 205 Å². The Labute approximate surface area is 428 Å². The maximum atomic E-state index is 5.59. The monoisotopic (exact) mass is 1150 g/mol. The Kier molecular flexibility index (Phi) is 13.8. The first-order valence-corrected chi connectivity index (χ1v) is 32.0. The summed E-state index contributed by atoms with van der Waals surface area (Å²) in [6.45, 7) is 11.5. The molecule has 11 aromatic rings. The van der Waals surface area contributed by atoms with Gasteiger partial charge in [-0.1, -0.05) is 141 Å². The Morgan fingerprint density at radius 3 is 1.93 bits per heavy atom. The second-order valence-electron chi connectivity index (χ2n) is 20.4. The van der Waals surface area contributed by atoms with E-state index in [-0.39, 0.29) is 25.5 Å². The Morgan fingerprint density at radius 2 is 1.29 bits per heavy atom. The summed E-state index contributed by atoms with van der Waals surface area (Å²) in [6, 6.07) is 69.8. The second-order valence-corrected chi connectivity index (χ2v) is 32.0. The summed E-state index contributed by atoms with van der Waals surface area (Å²) in [7, 11) is 0. The van der Waals surface area contributed by atoms with E-state index < -0.39 is 13.3 Å². The molecule has 0 unspecified atom stereocenters. The van der Waals surface area contributed by atoms with E-state index in [1.165, 1.54) is 58.9 Å². The maximum absolute atomic E-state index is 5.59. The molecule has 345 valence electrons. The fourth-order valence-electron chi connectivity index (χ4n) is 9.53. The van der Waals surface area contributed by atoms with Crippen LogP contribution >= 0.6 is 11.3 Å². The van der Waals surface area contributed by atoms with Gasteiger partial charge in [0.25, 0.3) is 0 Å². The van der Waals surface area contributed by atoms with Gasteiger partial charge in [0.2, 0.25) is 0 Å². The summed E-state index contributed by atoms with van der Waals surface area (Å²) in [5.74, 6) is 8.89. The summed E-state index contributed by atoms with van der Waals surface area (Å²) < 4.78 is 6.44. The molecular weight excluding hydrogens is 1100 g/mol. The van der Waals surface area contributed by atoms with Gasteiger partial charge in [-0.3, -0.25) is 4.98 Å². The van der Waals surface area contributed by atoms with Gasteiger partial charge in [0.1, 0.15) is 0 Å². The van der Waals surface area contributed by atoms with Crippen LogP contribution in [0.25, 0.3) is 92.6 Å². The number of hydrogen-bond donors (Lipinski definition) is 0. The number of aromatic nitrogens is 3. The predicted molar refractivity (Wildman–Crippen MR) is 295 cm³/mol. The fraction of sp³-hybridized carbons (Fsp3) is 0.175. The molecule has 0 saturated heterocycles. The molecule has 6 heteroatoms. The van der Waals surface area contributed by atoms with E-state index in [4.69, 9.17) is 9.97 Å². The largest absolute Gasteiger partial charge is 0 e. The van der Waals surface area contributed by atoms with E-state index in [1.807, 2.05) is 29.5 Å². The summed E-state index contributed by atoms with van der Waals surface area (Å²) in [4.78, 5) is 10.3. The zero-order valence-corrected chi connectivity index (χ0v) is 46.0. The van der Waals surface area contributed by atoms with Crippen LogP contribution in [0, 0.1) is 18.1 Å². The van der Waals surface area contributed by atoms with E-state index in [2.05, 4.69) is 233 Å². The maximum Gasteiger partial charge on any atom is 0 e. The summed E-state index contributed by atoms with van der Waals surface area (Å²) in [5.41, 5.74) is 13.8. The molecule has 3 aromatic heterocycles. The molecule has 0 saturated carbocycles. The zero-order valence-electron chi connectivity index (χ0n) is 40.7. The zero-order chi connectivity index (χ0) is 47.2. The molecule has 0 aliphatic carbocycles. The number of pyridine rings is 1. The smallest absolute Gasteiger partial charge is 0 e. The van der Waals surface area contributed by atoms with E-state index in [1.54, 1.807) is 4.40 Å². The van der Waals surface area contributed by atoms with Crippen molar-refractivity contribution in [2.45, 2.75) is 63.7 Å². The average molecular weight is 1150 g/mol. The number of nitrogens with zero attached hydrogens (tertiary/aromatic N) is 3. The van der Waals surface area contributed by atoms with Gasteiger partial charge in [-0.25, -0.2) is 0 Å². The van der Waals surface area contributed by atoms with Crippen LogP contribution in [0.3, 0.4) is 0 Å². The molecule has 0 fully saturated rings. The average Bonchev–Trinajstić information content (AvgIpc) is 3.93. The van der Waals surface area contributed by atoms with E-state index >= 15 is 0 Å². The van der Waals surface area contributed by atoms with Crippen molar-refractivity contribution < 1.29 is 20.1 Å². The van der Waals surface area contributed by atoms with Gasteiger partial charge in [0.15, 0.2) is 0 Å². The SMILES string of the molecule is CC(C)(C)c1cc(-c2ccccc2)c(-n2c(-c3[c-]ccc4c3sc3ccccc34)nc3c4ccccc4ccc32)c(-c2ccccc2)c1.CC(C)Cc1cc(-c2[c-]cccc2)nc[c]1[Ge]([CH3])([CH3])[CH3].[Ir]. The number of thiophene rings is 1. The van der Waals surface area contributed by atoms with Gasteiger partial charge in [-0.05, 0) is 61.8 Å². The van der Waals surface area contributed by atoms with Crippen molar-refractivity contribution in [2.75, 3.05) is 0 Å². The molecule has 0 aliphatic rings. The normalized spacial score (nSPS) is 11.8. The Morgan fingerprint density at radius 1 is 0.652 bits per heavy atom. The molecule has 3 heterocycles. The van der Waals surface area contributed by atoms with E-state index in [0.29, 0.717) is 5.92 Å². The van der Waals surface area contributed by atoms with Crippen LogP contribution in [0.15, 0.2) is 182 Å². The number of fused-ring (bicyclic) bond motifs is 6. The van der Waals surface area contributed by atoms with Gasteiger partial charge >= 0.3 is 126 Å². The quantitative estimate of drug-likeness (QED) is 0.112. The minimum Gasteiger partial charge on any atom is 0 e.